The van der Waals surface area contributed by atoms with Crippen molar-refractivity contribution in [3.63, 3.8) is 0 Å². The smallest absolute Gasteiger partial charge is 0.225 e. The van der Waals surface area contributed by atoms with Crippen molar-refractivity contribution in [2.45, 2.75) is 0 Å². The molecule has 0 N–H and O–H groups in total. The molecule has 0 unspecified atom stereocenters. The number of para-hydroxylation sites is 1. The second-order valence-electron chi connectivity index (χ2n) is 6.35. The summed E-state index contributed by atoms with van der Waals surface area (Å²) in [7, 11) is 0. The van der Waals surface area contributed by atoms with Gasteiger partial charge in [-0.1, -0.05) is 78.9 Å². The fourth-order valence-corrected chi connectivity index (χ4v) is 3.50. The molecule has 3 aromatic carbocycles. The van der Waals surface area contributed by atoms with Crippen LogP contribution < -0.4 is 0 Å². The van der Waals surface area contributed by atoms with Crippen LogP contribution in [0.15, 0.2) is 91.0 Å². The Morgan fingerprint density at radius 3 is 1.82 bits per heavy atom. The minimum Gasteiger partial charge on any atom is -0.277 e. The molecular formula is C23H15ClN4. The van der Waals surface area contributed by atoms with Crippen molar-refractivity contribution in [2.75, 3.05) is 0 Å². The van der Waals surface area contributed by atoms with Gasteiger partial charge in [-0.3, -0.25) is 4.57 Å². The lowest BCUT2D eigenvalue weighted by Crippen LogP contribution is -1.99. The molecule has 2 aromatic heterocycles. The van der Waals surface area contributed by atoms with Gasteiger partial charge in [0, 0.05) is 16.8 Å². The average Bonchev–Trinajstić information content (AvgIpc) is 3.14. The van der Waals surface area contributed by atoms with Crippen molar-refractivity contribution in [1.82, 2.24) is 19.5 Å². The maximum Gasteiger partial charge on any atom is 0.225 e. The third-order valence-electron chi connectivity index (χ3n) is 4.57. The molecule has 0 aliphatic carbocycles. The molecule has 5 rings (SSSR count). The van der Waals surface area contributed by atoms with Crippen LogP contribution in [0.5, 0.6) is 0 Å². The Labute approximate surface area is 167 Å². The summed E-state index contributed by atoms with van der Waals surface area (Å²) in [5, 5.41) is 0.197. The summed E-state index contributed by atoms with van der Waals surface area (Å²) in [4.78, 5) is 14.0. The number of halogens is 1. The van der Waals surface area contributed by atoms with E-state index < -0.39 is 0 Å². The maximum atomic E-state index is 6.33. The Kier molecular flexibility index (Phi) is 4.11. The lowest BCUT2D eigenvalue weighted by molar-refractivity contribution is 1.07. The predicted octanol–water partition coefficient (Wildman–Crippen LogP) is 5.80. The molecule has 5 aromatic rings. The summed E-state index contributed by atoms with van der Waals surface area (Å²) >= 11 is 6.33. The monoisotopic (exact) mass is 382 g/mol. The van der Waals surface area contributed by atoms with Crippen LogP contribution >= 0.6 is 11.6 Å². The average molecular weight is 383 g/mol. The maximum absolute atomic E-state index is 6.33. The predicted molar refractivity (Wildman–Crippen MR) is 113 cm³/mol. The highest BCUT2D eigenvalue weighted by molar-refractivity contribution is 6.28. The number of fused-ring (bicyclic) bond motifs is 1. The molecule has 0 radical (unpaired) electrons. The highest BCUT2D eigenvalue weighted by atomic mass is 35.5. The lowest BCUT2D eigenvalue weighted by Gasteiger charge is -2.09. The van der Waals surface area contributed by atoms with E-state index in [-0.39, 0.29) is 5.28 Å². The van der Waals surface area contributed by atoms with E-state index in [0.717, 1.165) is 33.8 Å². The summed E-state index contributed by atoms with van der Waals surface area (Å²) in [6.45, 7) is 0. The SMILES string of the molecule is Clc1nc(-c2ccccc2)c2nc(-c3ccccc3)n(-c3ccccc3)c2n1. The molecule has 2 heterocycles. The molecule has 4 nitrogen and oxygen atoms in total. The van der Waals surface area contributed by atoms with E-state index in [9.17, 15) is 0 Å². The normalized spacial score (nSPS) is 11.0. The van der Waals surface area contributed by atoms with Crippen molar-refractivity contribution in [2.24, 2.45) is 0 Å². The van der Waals surface area contributed by atoms with Gasteiger partial charge in [-0.25, -0.2) is 9.97 Å². The third kappa shape index (κ3) is 2.84. The largest absolute Gasteiger partial charge is 0.277 e. The molecule has 0 fully saturated rings. The van der Waals surface area contributed by atoms with Crippen molar-refractivity contribution < 1.29 is 0 Å². The first-order chi connectivity index (χ1) is 13.8. The Hall–Kier alpha value is -3.50. The zero-order valence-electron chi connectivity index (χ0n) is 14.8. The molecular weight excluding hydrogens is 368 g/mol. The van der Waals surface area contributed by atoms with Crippen LogP contribution in [0.3, 0.4) is 0 Å². The van der Waals surface area contributed by atoms with Crippen molar-refractivity contribution in [3.05, 3.63) is 96.3 Å². The van der Waals surface area contributed by atoms with Crippen LogP contribution in [0, 0.1) is 0 Å². The second-order valence-corrected chi connectivity index (χ2v) is 6.69. The zero-order valence-corrected chi connectivity index (χ0v) is 15.6. The Balaban J connectivity index is 1.89. The van der Waals surface area contributed by atoms with Gasteiger partial charge in [-0.2, -0.15) is 4.98 Å². The molecule has 0 amide bonds. The van der Waals surface area contributed by atoms with Crippen molar-refractivity contribution in [3.8, 4) is 28.3 Å². The van der Waals surface area contributed by atoms with E-state index in [2.05, 4.69) is 9.97 Å². The Morgan fingerprint density at radius 2 is 1.18 bits per heavy atom. The Morgan fingerprint density at radius 1 is 0.607 bits per heavy atom. The number of hydrogen-bond acceptors (Lipinski definition) is 3. The molecule has 134 valence electrons. The molecule has 0 aliphatic heterocycles. The van der Waals surface area contributed by atoms with Gasteiger partial charge in [-0.15, -0.1) is 0 Å². The summed E-state index contributed by atoms with van der Waals surface area (Å²) in [6.07, 6.45) is 0. The van der Waals surface area contributed by atoms with Gasteiger partial charge in [0.1, 0.15) is 17.0 Å². The van der Waals surface area contributed by atoms with Gasteiger partial charge < -0.3 is 0 Å². The van der Waals surface area contributed by atoms with E-state index >= 15 is 0 Å². The summed E-state index contributed by atoms with van der Waals surface area (Å²) in [5.74, 6) is 0.801. The van der Waals surface area contributed by atoms with Gasteiger partial charge in [0.2, 0.25) is 5.28 Å². The van der Waals surface area contributed by atoms with E-state index in [1.165, 1.54) is 0 Å². The highest BCUT2D eigenvalue weighted by Gasteiger charge is 2.20. The van der Waals surface area contributed by atoms with Gasteiger partial charge in [-0.05, 0) is 23.7 Å². The number of aromatic nitrogens is 4. The molecule has 0 spiro atoms. The number of rotatable bonds is 3. The van der Waals surface area contributed by atoms with Crippen LogP contribution in [0.2, 0.25) is 5.28 Å². The fraction of sp³-hybridized carbons (Fsp3) is 0. The third-order valence-corrected chi connectivity index (χ3v) is 4.74. The summed E-state index contributed by atoms with van der Waals surface area (Å²) in [6, 6.07) is 30.0. The standard InChI is InChI=1S/C23H15ClN4/c24-23-26-19(16-10-4-1-5-11-16)20-22(27-23)28(18-14-8-3-9-15-18)21(25-20)17-12-6-2-7-13-17/h1-15H. The van der Waals surface area contributed by atoms with Gasteiger partial charge in [0.05, 0.1) is 0 Å². The van der Waals surface area contributed by atoms with E-state index in [0.29, 0.717) is 5.65 Å². The fourth-order valence-electron chi connectivity index (χ4n) is 3.33. The topological polar surface area (TPSA) is 43.6 Å². The number of hydrogen-bond donors (Lipinski definition) is 0. The number of benzene rings is 3. The molecule has 0 bridgehead atoms. The van der Waals surface area contributed by atoms with Crippen molar-refractivity contribution >= 4 is 22.8 Å². The Bertz CT molecular complexity index is 1250. The number of imidazole rings is 1. The molecule has 0 aliphatic rings. The molecule has 0 saturated carbocycles. The highest BCUT2D eigenvalue weighted by Crippen LogP contribution is 2.33. The summed E-state index contributed by atoms with van der Waals surface area (Å²) < 4.78 is 2.03. The van der Waals surface area contributed by atoms with Gasteiger partial charge in [0.15, 0.2) is 5.65 Å². The van der Waals surface area contributed by atoms with Crippen LogP contribution in [0.25, 0.3) is 39.5 Å². The molecule has 28 heavy (non-hydrogen) atoms. The van der Waals surface area contributed by atoms with E-state index in [1.54, 1.807) is 0 Å². The first kappa shape index (κ1) is 16.7. The van der Waals surface area contributed by atoms with Crippen LogP contribution in [-0.4, -0.2) is 19.5 Å². The minimum atomic E-state index is 0.197. The van der Waals surface area contributed by atoms with E-state index in [4.69, 9.17) is 16.6 Å². The quantitative estimate of drug-likeness (QED) is 0.370. The molecule has 0 atom stereocenters. The first-order valence-corrected chi connectivity index (χ1v) is 9.31. The second kappa shape index (κ2) is 6.91. The summed E-state index contributed by atoms with van der Waals surface area (Å²) in [5.41, 5.74) is 5.05. The lowest BCUT2D eigenvalue weighted by atomic mass is 10.1. The first-order valence-electron chi connectivity index (χ1n) is 8.93. The number of nitrogens with zero attached hydrogens (tertiary/aromatic N) is 4. The van der Waals surface area contributed by atoms with Gasteiger partial charge in [0.25, 0.3) is 0 Å². The van der Waals surface area contributed by atoms with Gasteiger partial charge >= 0.3 is 0 Å². The van der Waals surface area contributed by atoms with Crippen LogP contribution in [-0.2, 0) is 0 Å². The van der Waals surface area contributed by atoms with Crippen molar-refractivity contribution in [1.29, 1.82) is 0 Å². The van der Waals surface area contributed by atoms with E-state index in [1.807, 2.05) is 95.6 Å². The molecule has 0 saturated heterocycles. The minimum absolute atomic E-state index is 0.197. The van der Waals surface area contributed by atoms with Crippen LogP contribution in [0.1, 0.15) is 0 Å². The van der Waals surface area contributed by atoms with Crippen LogP contribution in [0.4, 0.5) is 0 Å². The zero-order chi connectivity index (χ0) is 18.9. The molecule has 5 heteroatoms.